The summed E-state index contributed by atoms with van der Waals surface area (Å²) >= 11 is 0. The first kappa shape index (κ1) is 11.5. The van der Waals surface area contributed by atoms with E-state index in [0.717, 1.165) is 6.20 Å². The van der Waals surface area contributed by atoms with Crippen molar-refractivity contribution in [3.05, 3.63) is 42.0 Å². The van der Waals surface area contributed by atoms with Gasteiger partial charge < -0.3 is 14.2 Å². The van der Waals surface area contributed by atoms with E-state index in [9.17, 15) is 9.18 Å². The van der Waals surface area contributed by atoms with Crippen LogP contribution >= 0.6 is 0 Å². The highest BCUT2D eigenvalue weighted by Crippen LogP contribution is 2.32. The molecule has 1 N–H and O–H groups in total. The Morgan fingerprint density at radius 3 is 3.00 bits per heavy atom. The topological polar surface area (TPSA) is 68.3 Å². The monoisotopic (exact) mass is 260 g/mol. The van der Waals surface area contributed by atoms with Gasteiger partial charge in [0.1, 0.15) is 11.4 Å². The molecule has 2 heterocycles. The molecule has 19 heavy (non-hydrogen) atoms. The summed E-state index contributed by atoms with van der Waals surface area (Å²) in [6.45, 7) is 0. The third-order valence-corrected chi connectivity index (χ3v) is 3.00. The number of nitrogens with zero attached hydrogens (tertiary/aromatic N) is 2. The van der Waals surface area contributed by atoms with Crippen molar-refractivity contribution in [3.63, 3.8) is 0 Å². The molecule has 2 aromatic heterocycles. The van der Waals surface area contributed by atoms with Gasteiger partial charge in [0.2, 0.25) is 0 Å². The molecule has 0 aliphatic heterocycles. The van der Waals surface area contributed by atoms with Gasteiger partial charge in [0.05, 0.1) is 11.7 Å². The van der Waals surface area contributed by atoms with Crippen LogP contribution in [0.15, 0.2) is 35.1 Å². The molecular formula is C13H9FN2O3. The van der Waals surface area contributed by atoms with Crippen molar-refractivity contribution >= 4 is 16.9 Å². The minimum Gasteiger partial charge on any atom is -0.477 e. The van der Waals surface area contributed by atoms with Gasteiger partial charge in [-0.05, 0) is 18.2 Å². The molecule has 0 aliphatic rings. The van der Waals surface area contributed by atoms with Gasteiger partial charge in [-0.2, -0.15) is 0 Å². The van der Waals surface area contributed by atoms with Gasteiger partial charge in [0, 0.05) is 24.2 Å². The first-order chi connectivity index (χ1) is 9.08. The predicted octanol–water partition coefficient (Wildman–Crippen LogP) is 2.67. The molecule has 0 saturated heterocycles. The number of carboxylic acid groups (broad SMARTS) is 1. The van der Waals surface area contributed by atoms with E-state index in [2.05, 4.69) is 5.16 Å². The third-order valence-electron chi connectivity index (χ3n) is 3.00. The minimum atomic E-state index is -1.12. The Hall–Kier alpha value is -2.63. The maximum absolute atomic E-state index is 13.2. The van der Waals surface area contributed by atoms with Gasteiger partial charge in [-0.15, -0.1) is 0 Å². The van der Waals surface area contributed by atoms with E-state index in [0.29, 0.717) is 16.5 Å². The Bertz CT molecular complexity index is 788. The molecular weight excluding hydrogens is 251 g/mol. The summed E-state index contributed by atoms with van der Waals surface area (Å²) in [6.07, 6.45) is 2.84. The lowest BCUT2D eigenvalue weighted by Crippen LogP contribution is -1.95. The zero-order chi connectivity index (χ0) is 13.6. The minimum absolute atomic E-state index is 0.0168. The summed E-state index contributed by atoms with van der Waals surface area (Å²) < 4.78 is 20.0. The van der Waals surface area contributed by atoms with Crippen molar-refractivity contribution in [2.24, 2.45) is 7.05 Å². The van der Waals surface area contributed by atoms with Crippen molar-refractivity contribution in [2.45, 2.75) is 0 Å². The number of rotatable bonds is 2. The number of carboxylic acids is 1. The number of fused-ring (bicyclic) bond motifs is 1. The second-order valence-electron chi connectivity index (χ2n) is 4.19. The number of hydrogen-bond acceptors (Lipinski definition) is 3. The molecule has 1 aromatic carbocycles. The largest absolute Gasteiger partial charge is 0.477 e. The maximum atomic E-state index is 13.2. The Morgan fingerprint density at radius 1 is 1.47 bits per heavy atom. The highest BCUT2D eigenvalue weighted by Gasteiger charge is 2.20. The zero-order valence-corrected chi connectivity index (χ0v) is 9.92. The molecule has 3 rings (SSSR count). The predicted molar refractivity (Wildman–Crippen MR) is 65.3 cm³/mol. The van der Waals surface area contributed by atoms with E-state index in [1.807, 2.05) is 0 Å². The molecule has 0 amide bonds. The van der Waals surface area contributed by atoms with Crippen molar-refractivity contribution in [1.29, 1.82) is 0 Å². The fourth-order valence-corrected chi connectivity index (χ4v) is 2.12. The Labute approximate surface area is 106 Å². The number of hydrogen-bond donors (Lipinski definition) is 1. The van der Waals surface area contributed by atoms with Gasteiger partial charge in [0.25, 0.3) is 0 Å². The molecule has 5 nitrogen and oxygen atoms in total. The average molecular weight is 260 g/mol. The van der Waals surface area contributed by atoms with Crippen LogP contribution in [0.4, 0.5) is 4.39 Å². The first-order valence-electron chi connectivity index (χ1n) is 5.51. The number of aryl methyl sites for hydroxylation is 1. The molecule has 0 aliphatic carbocycles. The van der Waals surface area contributed by atoms with Crippen LogP contribution in [0, 0.1) is 5.82 Å². The van der Waals surface area contributed by atoms with Crippen molar-refractivity contribution in [2.75, 3.05) is 0 Å². The second kappa shape index (κ2) is 3.94. The van der Waals surface area contributed by atoms with E-state index in [1.165, 1.54) is 12.1 Å². The molecule has 0 bridgehead atoms. The highest BCUT2D eigenvalue weighted by atomic mass is 19.1. The van der Waals surface area contributed by atoms with Crippen LogP contribution in [0.1, 0.15) is 10.4 Å². The summed E-state index contributed by atoms with van der Waals surface area (Å²) in [4.78, 5) is 11.1. The standard InChI is InChI=1S/C13H9FN2O3/c1-16-6-10(8-3-2-7(14)4-11(8)16)12-9(13(17)18)5-15-19-12/h2-6H,1H3,(H,17,18). The first-order valence-corrected chi connectivity index (χ1v) is 5.51. The second-order valence-corrected chi connectivity index (χ2v) is 4.19. The quantitative estimate of drug-likeness (QED) is 0.769. The fourth-order valence-electron chi connectivity index (χ4n) is 2.12. The van der Waals surface area contributed by atoms with Crippen LogP contribution in [0.2, 0.25) is 0 Å². The number of aromatic carboxylic acids is 1. The van der Waals surface area contributed by atoms with Crippen LogP contribution in [-0.2, 0) is 7.05 Å². The average Bonchev–Trinajstić information content (AvgIpc) is 2.94. The van der Waals surface area contributed by atoms with Crippen molar-refractivity contribution < 1.29 is 18.8 Å². The smallest absolute Gasteiger partial charge is 0.341 e. The van der Waals surface area contributed by atoms with Crippen LogP contribution in [0.3, 0.4) is 0 Å². The molecule has 6 heteroatoms. The number of carbonyl (C=O) groups is 1. The maximum Gasteiger partial charge on any atom is 0.341 e. The van der Waals surface area contributed by atoms with Crippen LogP contribution in [0.5, 0.6) is 0 Å². The normalized spacial score (nSPS) is 11.1. The van der Waals surface area contributed by atoms with Gasteiger partial charge >= 0.3 is 5.97 Å². The molecule has 0 radical (unpaired) electrons. The Morgan fingerprint density at radius 2 is 2.26 bits per heavy atom. The molecule has 96 valence electrons. The lowest BCUT2D eigenvalue weighted by atomic mass is 10.1. The molecule has 0 saturated carbocycles. The molecule has 3 aromatic rings. The summed E-state index contributed by atoms with van der Waals surface area (Å²) in [5, 5.41) is 13.3. The molecule has 0 spiro atoms. The lowest BCUT2D eigenvalue weighted by molar-refractivity contribution is 0.0697. The third kappa shape index (κ3) is 1.69. The van der Waals surface area contributed by atoms with Crippen molar-refractivity contribution in [1.82, 2.24) is 9.72 Å². The SMILES string of the molecule is Cn1cc(-c2oncc2C(=O)O)c2ccc(F)cc21. The summed E-state index contributed by atoms with van der Waals surface area (Å²) in [7, 11) is 1.75. The van der Waals surface area contributed by atoms with Gasteiger partial charge in [-0.1, -0.05) is 5.16 Å². The summed E-state index contributed by atoms with van der Waals surface area (Å²) in [5.74, 6) is -1.30. The van der Waals surface area contributed by atoms with E-state index in [-0.39, 0.29) is 17.1 Å². The lowest BCUT2D eigenvalue weighted by Gasteiger charge is -1.96. The van der Waals surface area contributed by atoms with E-state index >= 15 is 0 Å². The molecule has 0 unspecified atom stereocenters. The summed E-state index contributed by atoms with van der Waals surface area (Å²) in [5.41, 5.74) is 1.21. The van der Waals surface area contributed by atoms with E-state index < -0.39 is 5.97 Å². The van der Waals surface area contributed by atoms with Crippen LogP contribution in [-0.4, -0.2) is 20.8 Å². The number of benzene rings is 1. The molecule has 0 fully saturated rings. The number of halogens is 1. The Kier molecular flexibility index (Phi) is 2.38. The summed E-state index contributed by atoms with van der Waals surface area (Å²) in [6, 6.07) is 4.30. The van der Waals surface area contributed by atoms with Gasteiger partial charge in [-0.25, -0.2) is 9.18 Å². The fraction of sp³-hybridized carbons (Fsp3) is 0.0769. The number of aromatic nitrogens is 2. The molecule has 0 atom stereocenters. The van der Waals surface area contributed by atoms with Crippen LogP contribution < -0.4 is 0 Å². The highest BCUT2D eigenvalue weighted by molar-refractivity contribution is 6.01. The van der Waals surface area contributed by atoms with E-state index in [4.69, 9.17) is 9.63 Å². The van der Waals surface area contributed by atoms with Gasteiger partial charge in [-0.3, -0.25) is 0 Å². The van der Waals surface area contributed by atoms with Crippen LogP contribution in [0.25, 0.3) is 22.2 Å². The zero-order valence-electron chi connectivity index (χ0n) is 9.92. The Balaban J connectivity index is 2.31. The van der Waals surface area contributed by atoms with E-state index in [1.54, 1.807) is 23.9 Å². The van der Waals surface area contributed by atoms with Gasteiger partial charge in [0.15, 0.2) is 5.76 Å². The van der Waals surface area contributed by atoms with Crippen molar-refractivity contribution in [3.8, 4) is 11.3 Å².